The van der Waals surface area contributed by atoms with Gasteiger partial charge in [-0.1, -0.05) is 12.1 Å². The SMILES string of the molecule is O=C(O)CC1CCC(c2ccc(C(=O)NCCNC(=O)c3ccc(C(F)(F)F)cc3)cc2)CC1. The summed E-state index contributed by atoms with van der Waals surface area (Å²) in [4.78, 5) is 35.2. The molecular formula is C25H27F3N2O4. The fourth-order valence-corrected chi connectivity index (χ4v) is 4.22. The lowest BCUT2D eigenvalue weighted by atomic mass is 9.77. The van der Waals surface area contributed by atoms with E-state index >= 15 is 0 Å². The zero-order valence-electron chi connectivity index (χ0n) is 18.5. The van der Waals surface area contributed by atoms with Crippen LogP contribution in [0.2, 0.25) is 0 Å². The topological polar surface area (TPSA) is 95.5 Å². The van der Waals surface area contributed by atoms with Crippen molar-refractivity contribution in [2.24, 2.45) is 5.92 Å². The van der Waals surface area contributed by atoms with Crippen LogP contribution >= 0.6 is 0 Å². The zero-order chi connectivity index (χ0) is 24.7. The minimum absolute atomic E-state index is 0.104. The standard InChI is InChI=1S/C25H27F3N2O4/c26-25(27,28)21-11-9-20(10-12-21)24(34)30-14-13-29-23(33)19-7-5-18(6-8-19)17-3-1-16(2-4-17)15-22(31)32/h5-12,16-17H,1-4,13-15H2,(H,29,33)(H,30,34)(H,31,32). The fraction of sp³-hybridized carbons (Fsp3) is 0.400. The number of carbonyl (C=O) groups excluding carboxylic acids is 2. The van der Waals surface area contributed by atoms with Gasteiger partial charge in [0.25, 0.3) is 11.8 Å². The van der Waals surface area contributed by atoms with E-state index in [1.165, 1.54) is 0 Å². The maximum absolute atomic E-state index is 12.6. The Kier molecular flexibility index (Phi) is 8.31. The summed E-state index contributed by atoms with van der Waals surface area (Å²) in [7, 11) is 0. The summed E-state index contributed by atoms with van der Waals surface area (Å²) in [5.74, 6) is -0.968. The van der Waals surface area contributed by atoms with Gasteiger partial charge >= 0.3 is 12.1 Å². The fourth-order valence-electron chi connectivity index (χ4n) is 4.22. The van der Waals surface area contributed by atoms with Gasteiger partial charge in [0.1, 0.15) is 0 Å². The molecule has 2 aromatic rings. The Bertz CT molecular complexity index is 996. The third-order valence-electron chi connectivity index (χ3n) is 6.12. The van der Waals surface area contributed by atoms with E-state index in [1.54, 1.807) is 12.1 Å². The van der Waals surface area contributed by atoms with Gasteiger partial charge in [-0.15, -0.1) is 0 Å². The summed E-state index contributed by atoms with van der Waals surface area (Å²) in [5.41, 5.74) is 0.895. The highest BCUT2D eigenvalue weighted by Gasteiger charge is 2.30. The molecule has 0 heterocycles. The molecule has 1 fully saturated rings. The van der Waals surface area contributed by atoms with E-state index in [2.05, 4.69) is 10.6 Å². The van der Waals surface area contributed by atoms with Crippen LogP contribution in [0.15, 0.2) is 48.5 Å². The number of carboxylic acids is 1. The number of carbonyl (C=O) groups is 3. The summed E-state index contributed by atoms with van der Waals surface area (Å²) >= 11 is 0. The predicted molar refractivity (Wildman–Crippen MR) is 120 cm³/mol. The quantitative estimate of drug-likeness (QED) is 0.485. The molecule has 0 unspecified atom stereocenters. The monoisotopic (exact) mass is 476 g/mol. The summed E-state index contributed by atoms with van der Waals surface area (Å²) in [5, 5.41) is 14.2. The molecule has 0 aromatic heterocycles. The number of hydrogen-bond acceptors (Lipinski definition) is 3. The number of alkyl halides is 3. The van der Waals surface area contributed by atoms with E-state index in [9.17, 15) is 27.6 Å². The first-order chi connectivity index (χ1) is 16.1. The van der Waals surface area contributed by atoms with Crippen LogP contribution in [0.25, 0.3) is 0 Å². The van der Waals surface area contributed by atoms with Crippen molar-refractivity contribution >= 4 is 17.8 Å². The predicted octanol–water partition coefficient (Wildman–Crippen LogP) is 4.61. The van der Waals surface area contributed by atoms with Crippen LogP contribution in [-0.2, 0) is 11.0 Å². The lowest BCUT2D eigenvalue weighted by Crippen LogP contribution is -2.34. The highest BCUT2D eigenvalue weighted by atomic mass is 19.4. The van der Waals surface area contributed by atoms with Gasteiger partial charge in [0.15, 0.2) is 0 Å². The van der Waals surface area contributed by atoms with E-state index in [-0.39, 0.29) is 36.9 Å². The van der Waals surface area contributed by atoms with Gasteiger partial charge in [-0.2, -0.15) is 13.2 Å². The number of hydrogen-bond donors (Lipinski definition) is 3. The number of amides is 2. The number of nitrogens with one attached hydrogen (secondary N) is 2. The second-order valence-corrected chi connectivity index (χ2v) is 8.52. The Hall–Kier alpha value is -3.36. The van der Waals surface area contributed by atoms with Crippen LogP contribution in [-0.4, -0.2) is 36.0 Å². The lowest BCUT2D eigenvalue weighted by molar-refractivity contribution is -0.139. The molecule has 0 atom stereocenters. The number of benzene rings is 2. The van der Waals surface area contributed by atoms with Gasteiger partial charge in [0.05, 0.1) is 5.56 Å². The summed E-state index contributed by atoms with van der Waals surface area (Å²) < 4.78 is 37.8. The number of rotatable bonds is 8. The molecule has 34 heavy (non-hydrogen) atoms. The molecule has 3 rings (SSSR count). The van der Waals surface area contributed by atoms with Crippen molar-refractivity contribution in [1.29, 1.82) is 0 Å². The highest BCUT2D eigenvalue weighted by molar-refractivity contribution is 5.95. The number of carboxylic acid groups (broad SMARTS) is 1. The molecule has 182 valence electrons. The second kappa shape index (κ2) is 11.2. The summed E-state index contributed by atoms with van der Waals surface area (Å²) in [6.45, 7) is 0.295. The Morgan fingerprint density at radius 3 is 1.71 bits per heavy atom. The van der Waals surface area contributed by atoms with Gasteiger partial charge in [0.2, 0.25) is 0 Å². The Labute approximate surface area is 195 Å². The smallest absolute Gasteiger partial charge is 0.416 e. The van der Waals surface area contributed by atoms with Gasteiger partial charge in [0, 0.05) is 30.6 Å². The van der Waals surface area contributed by atoms with Gasteiger partial charge in [-0.05, 0) is 79.5 Å². The average molecular weight is 476 g/mol. The van der Waals surface area contributed by atoms with Crippen molar-refractivity contribution in [2.75, 3.05) is 13.1 Å². The molecule has 6 nitrogen and oxygen atoms in total. The van der Waals surface area contributed by atoms with Gasteiger partial charge in [-0.3, -0.25) is 14.4 Å². The molecule has 2 aromatic carbocycles. The molecule has 9 heteroatoms. The van der Waals surface area contributed by atoms with Crippen LogP contribution < -0.4 is 10.6 Å². The van der Waals surface area contributed by atoms with Crippen molar-refractivity contribution in [1.82, 2.24) is 10.6 Å². The maximum atomic E-state index is 12.6. The summed E-state index contributed by atoms with van der Waals surface area (Å²) in [6.07, 6.45) is -0.603. The maximum Gasteiger partial charge on any atom is 0.416 e. The first-order valence-electron chi connectivity index (χ1n) is 11.2. The first-order valence-corrected chi connectivity index (χ1v) is 11.2. The minimum atomic E-state index is -4.46. The van der Waals surface area contributed by atoms with Crippen LogP contribution in [0.5, 0.6) is 0 Å². The molecule has 1 aliphatic carbocycles. The molecule has 0 saturated heterocycles. The van der Waals surface area contributed by atoms with Crippen molar-refractivity contribution < 1.29 is 32.7 Å². The number of aliphatic carboxylic acids is 1. The van der Waals surface area contributed by atoms with Crippen LogP contribution in [0.1, 0.15) is 69.9 Å². The third kappa shape index (κ3) is 7.07. The molecule has 3 N–H and O–H groups in total. The van der Waals surface area contributed by atoms with E-state index < -0.39 is 23.6 Å². The van der Waals surface area contributed by atoms with Crippen molar-refractivity contribution in [3.8, 4) is 0 Å². The van der Waals surface area contributed by atoms with E-state index in [0.29, 0.717) is 11.5 Å². The zero-order valence-corrected chi connectivity index (χ0v) is 18.5. The van der Waals surface area contributed by atoms with Crippen molar-refractivity contribution in [3.63, 3.8) is 0 Å². The molecule has 0 bridgehead atoms. The molecular weight excluding hydrogens is 449 g/mol. The molecule has 2 amide bonds. The lowest BCUT2D eigenvalue weighted by Gasteiger charge is -2.28. The van der Waals surface area contributed by atoms with Gasteiger partial charge in [-0.25, -0.2) is 0 Å². The summed E-state index contributed by atoms with van der Waals surface area (Å²) in [6, 6.07) is 11.2. The van der Waals surface area contributed by atoms with Crippen LogP contribution in [0, 0.1) is 5.92 Å². The Balaban J connectivity index is 1.40. The highest BCUT2D eigenvalue weighted by Crippen LogP contribution is 2.37. The van der Waals surface area contributed by atoms with Gasteiger partial charge < -0.3 is 15.7 Å². The molecule has 0 radical (unpaired) electrons. The minimum Gasteiger partial charge on any atom is -0.481 e. The normalized spacial score (nSPS) is 18.2. The van der Waals surface area contributed by atoms with E-state index in [0.717, 1.165) is 55.5 Å². The molecule has 1 saturated carbocycles. The van der Waals surface area contributed by atoms with Crippen molar-refractivity contribution in [3.05, 3.63) is 70.8 Å². The Morgan fingerprint density at radius 2 is 1.26 bits per heavy atom. The third-order valence-corrected chi connectivity index (χ3v) is 6.12. The average Bonchev–Trinajstić information content (AvgIpc) is 2.81. The van der Waals surface area contributed by atoms with Crippen LogP contribution in [0.3, 0.4) is 0 Å². The van der Waals surface area contributed by atoms with E-state index in [4.69, 9.17) is 5.11 Å². The largest absolute Gasteiger partial charge is 0.481 e. The van der Waals surface area contributed by atoms with Crippen LogP contribution in [0.4, 0.5) is 13.2 Å². The molecule has 0 aliphatic heterocycles. The molecule has 0 spiro atoms. The Morgan fingerprint density at radius 1 is 0.794 bits per heavy atom. The molecule has 1 aliphatic rings. The van der Waals surface area contributed by atoms with E-state index in [1.807, 2.05) is 12.1 Å². The second-order valence-electron chi connectivity index (χ2n) is 8.52. The first kappa shape index (κ1) is 25.3. The number of halogens is 3. The van der Waals surface area contributed by atoms with Crippen molar-refractivity contribution in [2.45, 2.75) is 44.2 Å².